The molecule has 15 heavy (non-hydrogen) atoms. The van der Waals surface area contributed by atoms with Gasteiger partial charge in [-0.25, -0.2) is 0 Å². The quantitative estimate of drug-likeness (QED) is 0.283. The van der Waals surface area contributed by atoms with Crippen LogP contribution in [0.3, 0.4) is 0 Å². The van der Waals surface area contributed by atoms with Gasteiger partial charge in [-0.15, -0.1) is 0 Å². The molecular formula is C12H24OS2. The minimum Gasteiger partial charge on any atom is -0.303 e. The molecule has 0 aliphatic heterocycles. The topological polar surface area (TPSA) is 17.1 Å². The average Bonchev–Trinajstić information content (AvgIpc) is 2.26. The van der Waals surface area contributed by atoms with E-state index in [9.17, 15) is 4.79 Å². The van der Waals surface area contributed by atoms with Crippen LogP contribution in [0.2, 0.25) is 0 Å². The second kappa shape index (κ2) is 14.4. The fraction of sp³-hybridized carbons (Fsp3) is 0.917. The van der Waals surface area contributed by atoms with Gasteiger partial charge in [0, 0.05) is 17.9 Å². The molecule has 0 spiro atoms. The zero-order chi connectivity index (χ0) is 11.2. The molecule has 0 atom stereocenters. The van der Waals surface area contributed by atoms with Crippen molar-refractivity contribution in [2.75, 3.05) is 11.5 Å². The maximum Gasteiger partial charge on any atom is 0.120 e. The summed E-state index contributed by atoms with van der Waals surface area (Å²) >= 11 is 0. The van der Waals surface area contributed by atoms with Crippen LogP contribution in [0.5, 0.6) is 0 Å². The molecule has 90 valence electrons. The molecule has 0 amide bonds. The third-order valence-electron chi connectivity index (χ3n) is 2.21. The van der Waals surface area contributed by atoms with E-state index in [1.54, 1.807) is 0 Å². The molecule has 0 saturated carbocycles. The van der Waals surface area contributed by atoms with E-state index in [0.29, 0.717) is 0 Å². The first-order valence-corrected chi connectivity index (χ1v) is 8.58. The Morgan fingerprint density at radius 2 is 1.47 bits per heavy atom. The van der Waals surface area contributed by atoms with Crippen molar-refractivity contribution in [1.82, 2.24) is 0 Å². The van der Waals surface area contributed by atoms with Crippen LogP contribution in [-0.2, 0) is 4.79 Å². The van der Waals surface area contributed by atoms with Crippen LogP contribution < -0.4 is 0 Å². The highest BCUT2D eigenvalue weighted by Crippen LogP contribution is 2.23. The molecule has 0 aromatic rings. The maximum absolute atomic E-state index is 10.0. The zero-order valence-electron chi connectivity index (χ0n) is 9.87. The summed E-state index contributed by atoms with van der Waals surface area (Å²) in [4.78, 5) is 10.0. The summed E-state index contributed by atoms with van der Waals surface area (Å²) in [7, 11) is 3.89. The van der Waals surface area contributed by atoms with Gasteiger partial charge in [0.25, 0.3) is 0 Å². The number of unbranched alkanes of at least 4 members (excludes halogenated alkanes) is 6. The predicted octanol–water partition coefficient (Wildman–Crippen LogP) is 4.71. The summed E-state index contributed by atoms with van der Waals surface area (Å²) in [5.74, 6) is 2.40. The molecule has 0 aliphatic rings. The third-order valence-corrected chi connectivity index (χ3v) is 4.79. The number of aldehydes is 1. The minimum absolute atomic E-state index is 0.727. The highest BCUT2D eigenvalue weighted by molar-refractivity contribution is 8.76. The lowest BCUT2D eigenvalue weighted by Gasteiger charge is -2.00. The lowest BCUT2D eigenvalue weighted by molar-refractivity contribution is -0.107. The van der Waals surface area contributed by atoms with E-state index in [1.807, 2.05) is 21.6 Å². The molecule has 1 nitrogen and oxygen atoms in total. The minimum atomic E-state index is 0.727. The lowest BCUT2D eigenvalue weighted by atomic mass is 10.1. The van der Waals surface area contributed by atoms with Gasteiger partial charge in [-0.2, -0.15) is 0 Å². The lowest BCUT2D eigenvalue weighted by Crippen LogP contribution is -1.82. The number of rotatable bonds is 12. The third kappa shape index (κ3) is 14.4. The molecule has 0 aromatic heterocycles. The molecule has 0 saturated heterocycles. The van der Waals surface area contributed by atoms with Crippen molar-refractivity contribution in [2.45, 2.75) is 58.3 Å². The Morgan fingerprint density at radius 1 is 0.867 bits per heavy atom. The molecule has 0 aliphatic carbocycles. The SMILES string of the molecule is CCCCCCCCSSCCCC=O. The van der Waals surface area contributed by atoms with Crippen LogP contribution in [0, 0.1) is 0 Å². The van der Waals surface area contributed by atoms with Crippen LogP contribution in [0.1, 0.15) is 58.3 Å². The summed E-state index contributed by atoms with van der Waals surface area (Å²) < 4.78 is 0. The van der Waals surface area contributed by atoms with Gasteiger partial charge in [-0.3, -0.25) is 0 Å². The number of carbonyl (C=O) groups is 1. The zero-order valence-corrected chi connectivity index (χ0v) is 11.5. The highest BCUT2D eigenvalue weighted by Gasteiger charge is 1.92. The van der Waals surface area contributed by atoms with Crippen molar-refractivity contribution in [1.29, 1.82) is 0 Å². The van der Waals surface area contributed by atoms with E-state index >= 15 is 0 Å². The van der Waals surface area contributed by atoms with Crippen LogP contribution >= 0.6 is 21.6 Å². The highest BCUT2D eigenvalue weighted by atomic mass is 33.1. The van der Waals surface area contributed by atoms with E-state index in [4.69, 9.17) is 0 Å². The van der Waals surface area contributed by atoms with Crippen LogP contribution in [-0.4, -0.2) is 17.8 Å². The van der Waals surface area contributed by atoms with Crippen molar-refractivity contribution in [2.24, 2.45) is 0 Å². The molecule has 0 aromatic carbocycles. The first-order chi connectivity index (χ1) is 7.41. The van der Waals surface area contributed by atoms with E-state index in [0.717, 1.165) is 24.9 Å². The van der Waals surface area contributed by atoms with Gasteiger partial charge in [-0.1, -0.05) is 60.6 Å². The van der Waals surface area contributed by atoms with Crippen LogP contribution in [0.25, 0.3) is 0 Å². The molecule has 0 N–H and O–H groups in total. The van der Waals surface area contributed by atoms with Gasteiger partial charge in [0.2, 0.25) is 0 Å². The van der Waals surface area contributed by atoms with Crippen molar-refractivity contribution in [3.8, 4) is 0 Å². The number of hydrogen-bond donors (Lipinski definition) is 0. The predicted molar refractivity (Wildman–Crippen MR) is 73.6 cm³/mol. The second-order valence-electron chi connectivity index (χ2n) is 3.72. The monoisotopic (exact) mass is 248 g/mol. The van der Waals surface area contributed by atoms with Crippen molar-refractivity contribution >= 4 is 27.9 Å². The van der Waals surface area contributed by atoms with Crippen LogP contribution in [0.4, 0.5) is 0 Å². The second-order valence-corrected chi connectivity index (χ2v) is 6.42. The fourth-order valence-electron chi connectivity index (χ4n) is 1.28. The van der Waals surface area contributed by atoms with Gasteiger partial charge >= 0.3 is 0 Å². The Hall–Kier alpha value is 0.370. The van der Waals surface area contributed by atoms with E-state index in [-0.39, 0.29) is 0 Å². The van der Waals surface area contributed by atoms with Gasteiger partial charge in [0.15, 0.2) is 0 Å². The Labute approximate surface area is 103 Å². The Balaban J connectivity index is 2.83. The Bertz CT molecular complexity index is 129. The maximum atomic E-state index is 10.0. The summed E-state index contributed by atoms with van der Waals surface area (Å²) in [6, 6.07) is 0. The van der Waals surface area contributed by atoms with Crippen molar-refractivity contribution in [3.63, 3.8) is 0 Å². The Morgan fingerprint density at radius 3 is 2.13 bits per heavy atom. The number of hydrogen-bond acceptors (Lipinski definition) is 3. The molecule has 0 bridgehead atoms. The Kier molecular flexibility index (Phi) is 14.7. The molecule has 0 unspecified atom stereocenters. The van der Waals surface area contributed by atoms with E-state index < -0.39 is 0 Å². The summed E-state index contributed by atoms with van der Waals surface area (Å²) in [5, 5.41) is 0. The van der Waals surface area contributed by atoms with Gasteiger partial charge < -0.3 is 4.79 Å². The average molecular weight is 248 g/mol. The van der Waals surface area contributed by atoms with Crippen molar-refractivity contribution in [3.05, 3.63) is 0 Å². The van der Waals surface area contributed by atoms with Gasteiger partial charge in [0.05, 0.1) is 0 Å². The van der Waals surface area contributed by atoms with Crippen molar-refractivity contribution < 1.29 is 4.79 Å². The van der Waals surface area contributed by atoms with Gasteiger partial charge in [-0.05, 0) is 12.8 Å². The normalized spacial score (nSPS) is 10.5. The summed E-state index contributed by atoms with van der Waals surface area (Å²) in [6.45, 7) is 2.26. The first kappa shape index (κ1) is 15.4. The standard InChI is InChI=1S/C12H24OS2/c1-2-3-4-5-6-8-11-14-15-12-9-7-10-13/h10H,2-9,11-12H2,1H3. The molecule has 0 rings (SSSR count). The summed E-state index contributed by atoms with van der Waals surface area (Å²) in [5.41, 5.74) is 0. The summed E-state index contributed by atoms with van der Waals surface area (Å²) in [6.07, 6.45) is 11.1. The largest absolute Gasteiger partial charge is 0.303 e. The van der Waals surface area contributed by atoms with Gasteiger partial charge in [0.1, 0.15) is 6.29 Å². The fourth-order valence-corrected chi connectivity index (χ4v) is 3.54. The van der Waals surface area contributed by atoms with E-state index in [1.165, 1.54) is 44.3 Å². The van der Waals surface area contributed by atoms with E-state index in [2.05, 4.69) is 6.92 Å². The molecular weight excluding hydrogens is 224 g/mol. The molecule has 0 radical (unpaired) electrons. The first-order valence-electron chi connectivity index (χ1n) is 6.10. The van der Waals surface area contributed by atoms with Crippen LogP contribution in [0.15, 0.2) is 0 Å². The molecule has 3 heteroatoms. The molecule has 0 fully saturated rings. The molecule has 0 heterocycles. The number of carbonyl (C=O) groups excluding carboxylic acids is 1. The smallest absolute Gasteiger partial charge is 0.120 e.